The SMILES string of the molecule is COc1ccc(N[C@@H](C)C(=O)NN=C(C)c2ccc3ccccc3c2)cc1. The van der Waals surface area contributed by atoms with Gasteiger partial charge in [0.25, 0.3) is 5.91 Å². The van der Waals surface area contributed by atoms with Crippen LogP contribution in [0, 0.1) is 0 Å². The molecule has 5 heteroatoms. The van der Waals surface area contributed by atoms with Crippen LogP contribution in [0.5, 0.6) is 5.75 Å². The highest BCUT2D eigenvalue weighted by molar-refractivity contribution is 6.02. The summed E-state index contributed by atoms with van der Waals surface area (Å²) in [6.45, 7) is 3.67. The normalized spacial score (nSPS) is 12.5. The van der Waals surface area contributed by atoms with Gasteiger partial charge in [-0.15, -0.1) is 0 Å². The Morgan fingerprint density at radius 2 is 1.70 bits per heavy atom. The van der Waals surface area contributed by atoms with Gasteiger partial charge >= 0.3 is 0 Å². The number of ether oxygens (including phenoxy) is 1. The van der Waals surface area contributed by atoms with Gasteiger partial charge in [0.15, 0.2) is 0 Å². The first-order valence-electron chi connectivity index (χ1n) is 8.81. The maximum atomic E-state index is 12.3. The van der Waals surface area contributed by atoms with Crippen molar-refractivity contribution < 1.29 is 9.53 Å². The Morgan fingerprint density at radius 1 is 1.00 bits per heavy atom. The van der Waals surface area contributed by atoms with Crippen molar-refractivity contribution in [1.29, 1.82) is 0 Å². The summed E-state index contributed by atoms with van der Waals surface area (Å²) in [5.74, 6) is 0.569. The fourth-order valence-electron chi connectivity index (χ4n) is 2.72. The highest BCUT2D eigenvalue weighted by Gasteiger charge is 2.12. The van der Waals surface area contributed by atoms with E-state index in [1.165, 1.54) is 5.39 Å². The molecule has 3 aromatic carbocycles. The third-order valence-electron chi connectivity index (χ3n) is 4.37. The Kier molecular flexibility index (Phi) is 5.71. The third kappa shape index (κ3) is 4.64. The molecule has 0 unspecified atom stereocenters. The van der Waals surface area contributed by atoms with E-state index >= 15 is 0 Å². The Balaban J connectivity index is 1.63. The van der Waals surface area contributed by atoms with Gasteiger partial charge in [-0.1, -0.05) is 36.4 Å². The number of benzene rings is 3. The minimum Gasteiger partial charge on any atom is -0.497 e. The van der Waals surface area contributed by atoms with Crippen LogP contribution in [0.15, 0.2) is 71.8 Å². The standard InChI is InChI=1S/C22H23N3O2/c1-15(18-9-8-17-6-4-5-7-19(17)14-18)24-25-22(26)16(2)23-20-10-12-21(27-3)13-11-20/h4-14,16,23H,1-3H3,(H,25,26)/t16-/m0/s1. The predicted molar refractivity (Wildman–Crippen MR) is 110 cm³/mol. The molecule has 3 aromatic rings. The van der Waals surface area contributed by atoms with E-state index < -0.39 is 6.04 Å². The zero-order valence-corrected chi connectivity index (χ0v) is 15.7. The van der Waals surface area contributed by atoms with E-state index in [-0.39, 0.29) is 5.91 Å². The van der Waals surface area contributed by atoms with E-state index in [0.29, 0.717) is 0 Å². The summed E-state index contributed by atoms with van der Waals surface area (Å²) in [6, 6.07) is 21.3. The lowest BCUT2D eigenvalue weighted by Crippen LogP contribution is -2.35. The second kappa shape index (κ2) is 8.36. The highest BCUT2D eigenvalue weighted by Crippen LogP contribution is 2.17. The third-order valence-corrected chi connectivity index (χ3v) is 4.37. The molecule has 5 nitrogen and oxygen atoms in total. The molecule has 2 N–H and O–H groups in total. The Labute approximate surface area is 159 Å². The molecule has 27 heavy (non-hydrogen) atoms. The zero-order chi connectivity index (χ0) is 19.2. The van der Waals surface area contributed by atoms with Gasteiger partial charge in [-0.25, -0.2) is 5.43 Å². The van der Waals surface area contributed by atoms with Crippen LogP contribution in [0.1, 0.15) is 19.4 Å². The molecule has 0 aliphatic rings. The van der Waals surface area contributed by atoms with Gasteiger partial charge in [0, 0.05) is 5.69 Å². The van der Waals surface area contributed by atoms with E-state index in [4.69, 9.17) is 4.74 Å². The first kappa shape index (κ1) is 18.5. The summed E-state index contributed by atoms with van der Waals surface area (Å²) in [4.78, 5) is 12.3. The van der Waals surface area contributed by atoms with Crippen LogP contribution in [0.25, 0.3) is 10.8 Å². The number of fused-ring (bicyclic) bond motifs is 1. The first-order valence-corrected chi connectivity index (χ1v) is 8.81. The topological polar surface area (TPSA) is 62.7 Å². The fraction of sp³-hybridized carbons (Fsp3) is 0.182. The Morgan fingerprint density at radius 3 is 2.41 bits per heavy atom. The number of amides is 1. The fourth-order valence-corrected chi connectivity index (χ4v) is 2.72. The molecule has 0 radical (unpaired) electrons. The lowest BCUT2D eigenvalue weighted by atomic mass is 10.0. The van der Waals surface area contributed by atoms with Crippen molar-refractivity contribution in [3.63, 3.8) is 0 Å². The van der Waals surface area contributed by atoms with Crippen LogP contribution in [0.4, 0.5) is 5.69 Å². The van der Waals surface area contributed by atoms with E-state index in [2.05, 4.69) is 40.1 Å². The molecule has 0 aliphatic heterocycles. The Hall–Kier alpha value is -3.34. The number of carbonyl (C=O) groups excluding carboxylic acids is 1. The van der Waals surface area contributed by atoms with Crippen molar-refractivity contribution in [2.45, 2.75) is 19.9 Å². The number of anilines is 1. The molecule has 0 bridgehead atoms. The number of rotatable bonds is 6. The van der Waals surface area contributed by atoms with E-state index in [0.717, 1.165) is 28.1 Å². The molecular formula is C22H23N3O2. The van der Waals surface area contributed by atoms with E-state index in [9.17, 15) is 4.79 Å². The smallest absolute Gasteiger partial charge is 0.262 e. The van der Waals surface area contributed by atoms with Gasteiger partial charge in [-0.2, -0.15) is 5.10 Å². The second-order valence-electron chi connectivity index (χ2n) is 6.33. The number of hydrogen-bond acceptors (Lipinski definition) is 4. The molecule has 138 valence electrons. The highest BCUT2D eigenvalue weighted by atomic mass is 16.5. The van der Waals surface area contributed by atoms with Gasteiger partial charge in [0.1, 0.15) is 11.8 Å². The van der Waals surface area contributed by atoms with E-state index in [1.807, 2.05) is 49.4 Å². The summed E-state index contributed by atoms with van der Waals surface area (Å²) in [6.07, 6.45) is 0. The summed E-state index contributed by atoms with van der Waals surface area (Å²) in [5.41, 5.74) is 5.21. The van der Waals surface area contributed by atoms with Gasteiger partial charge < -0.3 is 10.1 Å². The molecule has 0 spiro atoms. The summed E-state index contributed by atoms with van der Waals surface area (Å²) in [7, 11) is 1.62. The number of methoxy groups -OCH3 is 1. The Bertz CT molecular complexity index is 965. The summed E-state index contributed by atoms with van der Waals surface area (Å²) in [5, 5.41) is 9.71. The average Bonchev–Trinajstić information content (AvgIpc) is 2.71. The molecule has 0 aliphatic carbocycles. The molecular weight excluding hydrogens is 338 g/mol. The molecule has 0 saturated carbocycles. The molecule has 0 aromatic heterocycles. The lowest BCUT2D eigenvalue weighted by molar-refractivity contribution is -0.121. The molecule has 0 saturated heterocycles. The van der Waals surface area contributed by atoms with Crippen LogP contribution in [-0.2, 0) is 4.79 Å². The summed E-state index contributed by atoms with van der Waals surface area (Å²) < 4.78 is 5.13. The van der Waals surface area contributed by atoms with Crippen LogP contribution >= 0.6 is 0 Å². The van der Waals surface area contributed by atoms with E-state index in [1.54, 1.807) is 14.0 Å². The quantitative estimate of drug-likeness (QED) is 0.511. The van der Waals surface area contributed by atoms with Crippen molar-refractivity contribution in [1.82, 2.24) is 5.43 Å². The monoisotopic (exact) mass is 361 g/mol. The van der Waals surface area contributed by atoms with Gasteiger partial charge in [0.05, 0.1) is 12.8 Å². The largest absolute Gasteiger partial charge is 0.497 e. The second-order valence-corrected chi connectivity index (χ2v) is 6.33. The summed E-state index contributed by atoms with van der Waals surface area (Å²) >= 11 is 0. The van der Waals surface area contributed by atoms with Crippen LogP contribution < -0.4 is 15.5 Å². The average molecular weight is 361 g/mol. The molecule has 1 atom stereocenters. The molecule has 1 amide bonds. The van der Waals surface area contributed by atoms with Gasteiger partial charge in [-0.05, 0) is 60.5 Å². The van der Waals surface area contributed by atoms with Crippen LogP contribution in [0.2, 0.25) is 0 Å². The number of carbonyl (C=O) groups is 1. The minimum absolute atomic E-state index is 0.203. The molecule has 3 rings (SSSR count). The van der Waals surface area contributed by atoms with Crippen molar-refractivity contribution in [2.24, 2.45) is 5.10 Å². The van der Waals surface area contributed by atoms with Gasteiger partial charge in [0.2, 0.25) is 0 Å². The number of nitrogens with one attached hydrogen (secondary N) is 2. The predicted octanol–water partition coefficient (Wildman–Crippen LogP) is 4.19. The van der Waals surface area contributed by atoms with Crippen LogP contribution in [0.3, 0.4) is 0 Å². The molecule has 0 fully saturated rings. The zero-order valence-electron chi connectivity index (χ0n) is 15.7. The minimum atomic E-state index is -0.424. The van der Waals surface area contributed by atoms with Gasteiger partial charge in [-0.3, -0.25) is 4.79 Å². The maximum absolute atomic E-state index is 12.3. The number of nitrogens with zero attached hydrogens (tertiary/aromatic N) is 1. The van der Waals surface area contributed by atoms with Crippen LogP contribution in [-0.4, -0.2) is 24.8 Å². The van der Waals surface area contributed by atoms with Crippen molar-refractivity contribution in [2.75, 3.05) is 12.4 Å². The first-order chi connectivity index (χ1) is 13.1. The van der Waals surface area contributed by atoms with Crippen molar-refractivity contribution in [3.05, 3.63) is 72.3 Å². The maximum Gasteiger partial charge on any atom is 0.262 e. The lowest BCUT2D eigenvalue weighted by Gasteiger charge is -2.14. The van der Waals surface area contributed by atoms with Crippen molar-refractivity contribution >= 4 is 28.1 Å². The molecule has 0 heterocycles. The van der Waals surface area contributed by atoms with Crippen molar-refractivity contribution in [3.8, 4) is 5.75 Å². The number of hydrazone groups is 1. The number of hydrogen-bond donors (Lipinski definition) is 2.